The molecule has 7 nitrogen and oxygen atoms in total. The quantitative estimate of drug-likeness (QED) is 0.0448. The molecule has 382 valence electrons. The van der Waals surface area contributed by atoms with Crippen molar-refractivity contribution in [1.29, 1.82) is 0 Å². The summed E-state index contributed by atoms with van der Waals surface area (Å²) in [6, 6.07) is 0. The summed E-state index contributed by atoms with van der Waals surface area (Å²) in [5.41, 5.74) is 0. The van der Waals surface area contributed by atoms with Crippen LogP contribution in [-0.2, 0) is 14.3 Å². The maximum Gasteiger partial charge on any atom is 0.236 e. The highest BCUT2D eigenvalue weighted by molar-refractivity contribution is 5.78. The number of piperidine rings is 1. The largest absolute Gasteiger partial charge is 0.385 e. The number of rotatable bonds is 48. The molecule has 1 saturated heterocycles. The number of amides is 1. The summed E-state index contributed by atoms with van der Waals surface area (Å²) >= 11 is 0. The van der Waals surface area contributed by atoms with E-state index in [1.54, 1.807) is 7.11 Å². The molecule has 0 N–H and O–H groups in total. The molecule has 1 aliphatic rings. The molecular formula is C57H116N4O3. The zero-order valence-electron chi connectivity index (χ0n) is 44.6. The number of methoxy groups -OCH3 is 1. The lowest BCUT2D eigenvalue weighted by atomic mass is 9.93. The number of hydrogen-bond acceptors (Lipinski definition) is 6. The number of unbranched alkanes of at least 4 members (excludes halogenated alkanes) is 28. The zero-order chi connectivity index (χ0) is 46.8. The lowest BCUT2D eigenvalue weighted by molar-refractivity contribution is -0.134. The lowest BCUT2D eigenvalue weighted by Crippen LogP contribution is -2.46. The number of nitrogens with zero attached hydrogens (tertiary/aromatic N) is 4. The number of likely N-dealkylation sites (tertiary alicyclic amines) is 1. The van der Waals surface area contributed by atoms with Crippen LogP contribution >= 0.6 is 0 Å². The fourth-order valence-corrected chi connectivity index (χ4v) is 9.44. The normalized spacial score (nSPS) is 13.4. The van der Waals surface area contributed by atoms with E-state index in [-0.39, 0.29) is 0 Å². The predicted molar refractivity (Wildman–Crippen MR) is 282 cm³/mol. The van der Waals surface area contributed by atoms with Crippen LogP contribution in [0.3, 0.4) is 0 Å². The van der Waals surface area contributed by atoms with Crippen molar-refractivity contribution < 1.29 is 14.3 Å². The van der Waals surface area contributed by atoms with Gasteiger partial charge in [-0.05, 0) is 110 Å². The Bertz CT molecular complexity index is 908. The molecule has 0 unspecified atom stereocenters. The number of carbonyl (C=O) groups is 2. The van der Waals surface area contributed by atoms with Crippen molar-refractivity contribution in [3.8, 4) is 0 Å². The van der Waals surface area contributed by atoms with Gasteiger partial charge in [0.1, 0.15) is 6.29 Å². The van der Waals surface area contributed by atoms with Crippen LogP contribution in [0.4, 0.5) is 0 Å². The predicted octanol–water partition coefficient (Wildman–Crippen LogP) is 15.3. The van der Waals surface area contributed by atoms with E-state index in [0.717, 1.165) is 64.4 Å². The lowest BCUT2D eigenvalue weighted by Gasteiger charge is -2.35. The summed E-state index contributed by atoms with van der Waals surface area (Å²) in [5, 5.41) is 0. The van der Waals surface area contributed by atoms with Crippen molar-refractivity contribution in [2.24, 2.45) is 5.92 Å². The Morgan fingerprint density at radius 2 is 0.766 bits per heavy atom. The fourth-order valence-electron chi connectivity index (χ4n) is 9.44. The standard InChI is InChI=1S/C54H108N4O2.C3H8O/c1-5-9-13-17-21-26-32-41-55(42-33-30-25-31-37-51-59)46-38-53-39-47-58(48-40-53)54(60)52-57(45-36-29-24-20-16-12-8-4)50-49-56(43-34-27-22-18-14-10-6-2)44-35-28-23-19-15-11-7-3;1-3-4-2/h51,53H,5-50,52H2,1-4H3;3H2,1-2H3. The van der Waals surface area contributed by atoms with E-state index in [1.807, 2.05) is 6.92 Å². The smallest absolute Gasteiger partial charge is 0.236 e. The first-order valence-corrected chi connectivity index (χ1v) is 28.9. The second kappa shape index (κ2) is 51.4. The van der Waals surface area contributed by atoms with Gasteiger partial charge in [0.15, 0.2) is 0 Å². The van der Waals surface area contributed by atoms with Crippen LogP contribution < -0.4 is 0 Å². The highest BCUT2D eigenvalue weighted by atomic mass is 16.5. The van der Waals surface area contributed by atoms with Crippen LogP contribution in [0, 0.1) is 5.92 Å². The van der Waals surface area contributed by atoms with Crippen LogP contribution in [0.1, 0.15) is 266 Å². The highest BCUT2D eigenvalue weighted by Gasteiger charge is 2.25. The van der Waals surface area contributed by atoms with Gasteiger partial charge < -0.3 is 24.2 Å². The van der Waals surface area contributed by atoms with Gasteiger partial charge in [0.05, 0.1) is 6.54 Å². The summed E-state index contributed by atoms with van der Waals surface area (Å²) in [6.07, 6.45) is 48.3. The molecule has 1 heterocycles. The summed E-state index contributed by atoms with van der Waals surface area (Å²) in [7, 11) is 1.68. The molecule has 0 aromatic rings. The van der Waals surface area contributed by atoms with Gasteiger partial charge in [0.25, 0.3) is 0 Å². The van der Waals surface area contributed by atoms with E-state index < -0.39 is 0 Å². The molecule has 0 aromatic carbocycles. The van der Waals surface area contributed by atoms with E-state index in [9.17, 15) is 9.59 Å². The van der Waals surface area contributed by atoms with Crippen LogP contribution in [-0.4, -0.2) is 118 Å². The molecule has 0 radical (unpaired) electrons. The molecule has 1 fully saturated rings. The third-order valence-electron chi connectivity index (χ3n) is 14.1. The molecule has 0 bridgehead atoms. The van der Waals surface area contributed by atoms with E-state index in [2.05, 4.69) is 52.0 Å². The van der Waals surface area contributed by atoms with Crippen molar-refractivity contribution in [3.05, 3.63) is 0 Å². The van der Waals surface area contributed by atoms with Gasteiger partial charge in [0.2, 0.25) is 5.91 Å². The number of carbonyl (C=O) groups excluding carboxylic acids is 2. The Morgan fingerprint density at radius 1 is 0.453 bits per heavy atom. The minimum Gasteiger partial charge on any atom is -0.385 e. The van der Waals surface area contributed by atoms with Gasteiger partial charge in [0, 0.05) is 46.3 Å². The van der Waals surface area contributed by atoms with E-state index in [4.69, 9.17) is 0 Å². The van der Waals surface area contributed by atoms with Crippen LogP contribution in [0.2, 0.25) is 0 Å². The number of ether oxygens (including phenoxy) is 1. The average Bonchev–Trinajstić information content (AvgIpc) is 3.31. The Hall–Kier alpha value is -1.02. The average molecular weight is 906 g/mol. The minimum atomic E-state index is 0.386. The fraction of sp³-hybridized carbons (Fsp3) is 0.965. The summed E-state index contributed by atoms with van der Waals surface area (Å²) < 4.78 is 4.54. The SMILES string of the molecule is CCCCCCCCCN(CCCCCCC=O)CCC1CCN(C(=O)CN(CCCCCCCCC)CCN(CCCCCCCCC)CCCCCCCCC)CC1.CCOC. The zero-order valence-corrected chi connectivity index (χ0v) is 44.6. The Labute approximate surface area is 402 Å². The van der Waals surface area contributed by atoms with Gasteiger partial charge in [-0.25, -0.2) is 0 Å². The number of hydrogen-bond donors (Lipinski definition) is 0. The van der Waals surface area contributed by atoms with Crippen LogP contribution in [0.25, 0.3) is 0 Å². The van der Waals surface area contributed by atoms with Gasteiger partial charge in [-0.2, -0.15) is 0 Å². The van der Waals surface area contributed by atoms with Crippen molar-refractivity contribution in [3.63, 3.8) is 0 Å². The van der Waals surface area contributed by atoms with Crippen molar-refractivity contribution in [2.75, 3.05) is 85.7 Å². The van der Waals surface area contributed by atoms with Gasteiger partial charge >= 0.3 is 0 Å². The Morgan fingerprint density at radius 3 is 1.12 bits per heavy atom. The van der Waals surface area contributed by atoms with Crippen molar-refractivity contribution >= 4 is 12.2 Å². The molecule has 0 atom stereocenters. The molecule has 1 amide bonds. The summed E-state index contributed by atoms with van der Waals surface area (Å²) in [4.78, 5) is 35.0. The van der Waals surface area contributed by atoms with E-state index >= 15 is 0 Å². The molecule has 0 aliphatic carbocycles. The molecular weight excluding hydrogens is 789 g/mol. The number of aldehydes is 1. The van der Waals surface area contributed by atoms with Gasteiger partial charge in [-0.15, -0.1) is 0 Å². The molecule has 64 heavy (non-hydrogen) atoms. The van der Waals surface area contributed by atoms with Gasteiger partial charge in [-0.3, -0.25) is 9.69 Å². The maximum absolute atomic E-state index is 14.0. The summed E-state index contributed by atoms with van der Waals surface area (Å²) in [5.74, 6) is 1.13. The van der Waals surface area contributed by atoms with E-state index in [1.165, 1.54) is 251 Å². The van der Waals surface area contributed by atoms with Crippen LogP contribution in [0.5, 0.6) is 0 Å². The molecule has 1 rings (SSSR count). The molecule has 1 aliphatic heterocycles. The molecule has 7 heteroatoms. The van der Waals surface area contributed by atoms with Crippen molar-refractivity contribution in [1.82, 2.24) is 19.6 Å². The monoisotopic (exact) mass is 905 g/mol. The highest BCUT2D eigenvalue weighted by Crippen LogP contribution is 2.22. The Balaban J connectivity index is 0.00000948. The van der Waals surface area contributed by atoms with E-state index in [0.29, 0.717) is 12.5 Å². The third kappa shape index (κ3) is 42.3. The molecule has 0 aromatic heterocycles. The molecule has 0 saturated carbocycles. The first-order chi connectivity index (χ1) is 31.5. The Kier molecular flexibility index (Phi) is 50.6. The first-order valence-electron chi connectivity index (χ1n) is 28.9. The second-order valence-corrected chi connectivity index (χ2v) is 20.0. The topological polar surface area (TPSA) is 56.3 Å². The van der Waals surface area contributed by atoms with Crippen LogP contribution in [0.15, 0.2) is 0 Å². The molecule has 0 spiro atoms. The van der Waals surface area contributed by atoms with Gasteiger partial charge in [-0.1, -0.05) is 195 Å². The second-order valence-electron chi connectivity index (χ2n) is 20.0. The first kappa shape index (κ1) is 63.0. The van der Waals surface area contributed by atoms with Crippen molar-refractivity contribution in [2.45, 2.75) is 266 Å². The third-order valence-corrected chi connectivity index (χ3v) is 14.1. The summed E-state index contributed by atoms with van der Waals surface area (Å²) in [6.45, 7) is 23.9. The minimum absolute atomic E-state index is 0.386. The maximum atomic E-state index is 14.0.